The normalized spacial score (nSPS) is 22.8. The van der Waals surface area contributed by atoms with E-state index in [9.17, 15) is 0 Å². The van der Waals surface area contributed by atoms with E-state index in [0.717, 1.165) is 58.2 Å². The fraction of sp³-hybridized carbons (Fsp3) is 0.696. The Morgan fingerprint density at radius 1 is 1.21 bits per heavy atom. The molecule has 0 aromatic heterocycles. The number of hydrogen-bond acceptors (Lipinski definition) is 4. The maximum absolute atomic E-state index is 5.59. The van der Waals surface area contributed by atoms with Gasteiger partial charge in [-0.05, 0) is 58.8 Å². The molecule has 1 aromatic carbocycles. The van der Waals surface area contributed by atoms with Crippen molar-refractivity contribution in [3.8, 4) is 0 Å². The molecule has 1 aromatic rings. The van der Waals surface area contributed by atoms with E-state index >= 15 is 0 Å². The first-order valence-electron chi connectivity index (χ1n) is 11.2. The van der Waals surface area contributed by atoms with Crippen molar-refractivity contribution in [3.63, 3.8) is 0 Å². The molecular formula is C23H39N5O. The van der Waals surface area contributed by atoms with Crippen molar-refractivity contribution in [2.75, 3.05) is 53.5 Å². The van der Waals surface area contributed by atoms with Crippen molar-refractivity contribution >= 4 is 5.96 Å². The van der Waals surface area contributed by atoms with Crippen molar-refractivity contribution in [2.45, 2.75) is 50.7 Å². The Morgan fingerprint density at radius 3 is 2.66 bits per heavy atom. The van der Waals surface area contributed by atoms with Crippen LogP contribution >= 0.6 is 0 Å². The van der Waals surface area contributed by atoms with Gasteiger partial charge >= 0.3 is 0 Å². The van der Waals surface area contributed by atoms with Crippen LogP contribution in [0.3, 0.4) is 0 Å². The van der Waals surface area contributed by atoms with E-state index in [1.807, 2.05) is 0 Å². The molecule has 0 radical (unpaired) electrons. The summed E-state index contributed by atoms with van der Waals surface area (Å²) in [5.41, 5.74) is 1.50. The second-order valence-corrected chi connectivity index (χ2v) is 8.56. The minimum Gasteiger partial charge on any atom is -0.381 e. The molecule has 0 aliphatic carbocycles. The van der Waals surface area contributed by atoms with Crippen molar-refractivity contribution in [1.29, 1.82) is 0 Å². The van der Waals surface area contributed by atoms with E-state index in [1.165, 1.54) is 24.9 Å². The molecule has 1 unspecified atom stereocenters. The summed E-state index contributed by atoms with van der Waals surface area (Å²) in [5.74, 6) is 0.937. The number of ether oxygens (including phenoxy) is 1. The molecule has 2 saturated heterocycles. The van der Waals surface area contributed by atoms with Crippen LogP contribution in [0.2, 0.25) is 0 Å². The van der Waals surface area contributed by atoms with Gasteiger partial charge in [0.05, 0.1) is 6.54 Å². The number of aliphatic imine (C=N–C) groups is 1. The van der Waals surface area contributed by atoms with Crippen molar-refractivity contribution in [2.24, 2.45) is 4.99 Å². The molecular weight excluding hydrogens is 362 g/mol. The van der Waals surface area contributed by atoms with Gasteiger partial charge in [-0.3, -0.25) is 9.89 Å². The minimum absolute atomic E-state index is 0.104. The lowest BCUT2D eigenvalue weighted by atomic mass is 9.89. The molecule has 6 heteroatoms. The highest BCUT2D eigenvalue weighted by Crippen LogP contribution is 2.26. The Labute approximate surface area is 176 Å². The van der Waals surface area contributed by atoms with Crippen molar-refractivity contribution < 1.29 is 4.74 Å². The number of nitrogens with zero attached hydrogens (tertiary/aromatic N) is 3. The molecule has 0 bridgehead atoms. The lowest BCUT2D eigenvalue weighted by Crippen LogP contribution is -2.52. The molecule has 0 saturated carbocycles. The van der Waals surface area contributed by atoms with E-state index in [0.29, 0.717) is 6.04 Å². The van der Waals surface area contributed by atoms with Crippen LogP contribution in [0.15, 0.2) is 35.3 Å². The van der Waals surface area contributed by atoms with Crippen LogP contribution in [-0.4, -0.2) is 80.8 Å². The number of nitrogens with one attached hydrogen (secondary N) is 2. The molecule has 2 heterocycles. The third kappa shape index (κ3) is 6.17. The zero-order valence-electron chi connectivity index (χ0n) is 18.5. The second kappa shape index (κ2) is 11.0. The molecule has 0 amide bonds. The van der Waals surface area contributed by atoms with E-state index in [1.54, 1.807) is 0 Å². The topological polar surface area (TPSA) is 52.1 Å². The van der Waals surface area contributed by atoms with Crippen LogP contribution in [0.5, 0.6) is 0 Å². The molecule has 6 nitrogen and oxygen atoms in total. The van der Waals surface area contributed by atoms with Crippen LogP contribution < -0.4 is 10.6 Å². The zero-order chi connectivity index (χ0) is 20.5. The molecule has 0 spiro atoms. The molecule has 29 heavy (non-hydrogen) atoms. The van der Waals surface area contributed by atoms with Crippen LogP contribution in [0, 0.1) is 0 Å². The minimum atomic E-state index is 0.104. The quantitative estimate of drug-likeness (QED) is 0.517. The van der Waals surface area contributed by atoms with Gasteiger partial charge in [-0.25, -0.2) is 0 Å². The summed E-state index contributed by atoms with van der Waals surface area (Å²) in [6, 6.07) is 11.4. The maximum atomic E-state index is 5.59. The lowest BCUT2D eigenvalue weighted by Gasteiger charge is -2.41. The van der Waals surface area contributed by atoms with Crippen LogP contribution in [0.25, 0.3) is 0 Å². The molecule has 2 fully saturated rings. The van der Waals surface area contributed by atoms with Gasteiger partial charge in [0.15, 0.2) is 5.96 Å². The first-order chi connectivity index (χ1) is 14.1. The van der Waals surface area contributed by atoms with Crippen molar-refractivity contribution in [1.82, 2.24) is 20.4 Å². The first kappa shape index (κ1) is 22.1. The van der Waals surface area contributed by atoms with Crippen LogP contribution in [0.1, 0.15) is 38.2 Å². The SMILES string of the molecule is CCNC(=NCC1(N(C)C)CCOCC1)NCC1CCCN1Cc1ccccc1. The van der Waals surface area contributed by atoms with E-state index in [-0.39, 0.29) is 5.54 Å². The molecule has 162 valence electrons. The van der Waals surface area contributed by atoms with Crippen LogP contribution in [0.4, 0.5) is 0 Å². The van der Waals surface area contributed by atoms with Gasteiger partial charge in [0.1, 0.15) is 0 Å². The number of benzene rings is 1. The van der Waals surface area contributed by atoms with E-state index < -0.39 is 0 Å². The summed E-state index contributed by atoms with van der Waals surface area (Å²) in [6.45, 7) is 8.62. The lowest BCUT2D eigenvalue weighted by molar-refractivity contribution is -0.00255. The Morgan fingerprint density at radius 2 is 1.97 bits per heavy atom. The highest BCUT2D eigenvalue weighted by atomic mass is 16.5. The molecule has 2 aliphatic rings. The average Bonchev–Trinajstić information content (AvgIpc) is 3.18. The molecule has 3 rings (SSSR count). The Balaban J connectivity index is 1.57. The Kier molecular flexibility index (Phi) is 8.33. The van der Waals surface area contributed by atoms with Gasteiger partial charge in [-0.2, -0.15) is 0 Å². The maximum Gasteiger partial charge on any atom is 0.191 e. The van der Waals surface area contributed by atoms with E-state index in [2.05, 4.69) is 71.8 Å². The number of guanidine groups is 1. The van der Waals surface area contributed by atoms with Gasteiger partial charge in [-0.15, -0.1) is 0 Å². The average molecular weight is 402 g/mol. The highest BCUT2D eigenvalue weighted by molar-refractivity contribution is 5.79. The smallest absolute Gasteiger partial charge is 0.191 e. The summed E-state index contributed by atoms with van der Waals surface area (Å²) < 4.78 is 5.59. The number of likely N-dealkylation sites (tertiary alicyclic amines) is 1. The van der Waals surface area contributed by atoms with E-state index in [4.69, 9.17) is 9.73 Å². The second-order valence-electron chi connectivity index (χ2n) is 8.56. The highest BCUT2D eigenvalue weighted by Gasteiger charge is 2.34. The molecule has 1 atom stereocenters. The van der Waals surface area contributed by atoms with Gasteiger partial charge in [-0.1, -0.05) is 30.3 Å². The summed E-state index contributed by atoms with van der Waals surface area (Å²) >= 11 is 0. The third-order valence-corrected chi connectivity index (χ3v) is 6.48. The summed E-state index contributed by atoms with van der Waals surface area (Å²) in [6.07, 6.45) is 4.60. The number of likely N-dealkylation sites (N-methyl/N-ethyl adjacent to an activating group) is 1. The van der Waals surface area contributed by atoms with Gasteiger partial charge in [0.25, 0.3) is 0 Å². The van der Waals surface area contributed by atoms with Crippen molar-refractivity contribution in [3.05, 3.63) is 35.9 Å². The first-order valence-corrected chi connectivity index (χ1v) is 11.2. The zero-order valence-corrected chi connectivity index (χ0v) is 18.5. The Hall–Kier alpha value is -1.63. The van der Waals surface area contributed by atoms with Crippen LogP contribution in [-0.2, 0) is 11.3 Å². The summed E-state index contributed by atoms with van der Waals surface area (Å²) in [7, 11) is 4.34. The van der Waals surface area contributed by atoms with Gasteiger partial charge in [0.2, 0.25) is 0 Å². The largest absolute Gasteiger partial charge is 0.381 e. The standard InChI is InChI=1S/C23H39N5O/c1-4-24-22(26-19-23(27(2)3)12-15-29-16-13-23)25-17-21-11-8-14-28(21)18-20-9-6-5-7-10-20/h5-7,9-10,21H,4,8,11-19H2,1-3H3,(H2,24,25,26). The fourth-order valence-electron chi connectivity index (χ4n) is 4.43. The summed E-state index contributed by atoms with van der Waals surface area (Å²) in [4.78, 5) is 9.92. The number of rotatable bonds is 8. The fourth-order valence-corrected chi connectivity index (χ4v) is 4.43. The van der Waals surface area contributed by atoms with Gasteiger partial charge < -0.3 is 20.3 Å². The number of hydrogen-bond donors (Lipinski definition) is 2. The summed E-state index contributed by atoms with van der Waals surface area (Å²) in [5, 5.41) is 7.06. The monoisotopic (exact) mass is 401 g/mol. The predicted molar refractivity (Wildman–Crippen MR) is 120 cm³/mol. The molecule has 2 aliphatic heterocycles. The Bertz CT molecular complexity index is 627. The predicted octanol–water partition coefficient (Wildman–Crippen LogP) is 2.32. The third-order valence-electron chi connectivity index (χ3n) is 6.48. The molecule has 2 N–H and O–H groups in total. The van der Waals surface area contributed by atoms with Gasteiger partial charge in [0, 0.05) is 44.4 Å².